The molecule has 0 radical (unpaired) electrons. The van der Waals surface area contributed by atoms with E-state index in [-0.39, 0.29) is 0 Å². The van der Waals surface area contributed by atoms with Crippen LogP contribution in [0.15, 0.2) is 48.5 Å². The summed E-state index contributed by atoms with van der Waals surface area (Å²) in [5.74, 6) is 1.51. The van der Waals surface area contributed by atoms with Gasteiger partial charge in [-0.2, -0.15) is 0 Å². The molecule has 0 spiro atoms. The Hall–Kier alpha value is -1.56. The largest absolute Gasteiger partial charge is 0.0590 e. The van der Waals surface area contributed by atoms with Crippen molar-refractivity contribution in [3.63, 3.8) is 0 Å². The van der Waals surface area contributed by atoms with Crippen LogP contribution in [0.3, 0.4) is 0 Å². The highest BCUT2D eigenvalue weighted by molar-refractivity contribution is 5.28. The molecule has 122 valence electrons. The van der Waals surface area contributed by atoms with E-state index in [9.17, 15) is 0 Å². The Morgan fingerprint density at radius 3 is 2.09 bits per heavy atom. The van der Waals surface area contributed by atoms with E-state index in [0.717, 1.165) is 12.3 Å². The maximum atomic E-state index is 2.37. The van der Waals surface area contributed by atoms with Gasteiger partial charge in [0.15, 0.2) is 0 Å². The fourth-order valence-corrected chi connectivity index (χ4v) is 3.90. The van der Waals surface area contributed by atoms with Crippen molar-refractivity contribution in [1.82, 2.24) is 0 Å². The van der Waals surface area contributed by atoms with E-state index < -0.39 is 0 Å². The van der Waals surface area contributed by atoms with E-state index in [2.05, 4.69) is 62.4 Å². The van der Waals surface area contributed by atoms with Crippen molar-refractivity contribution in [3.8, 4) is 0 Å². The molecule has 0 aliphatic heterocycles. The molecule has 0 nitrogen and oxygen atoms in total. The summed E-state index contributed by atoms with van der Waals surface area (Å²) in [6.45, 7) is 4.49. The third-order valence-electron chi connectivity index (χ3n) is 5.46. The van der Waals surface area contributed by atoms with Crippen molar-refractivity contribution in [2.75, 3.05) is 0 Å². The first-order valence-electron chi connectivity index (χ1n) is 9.35. The Kier molecular flexibility index (Phi) is 5.54. The van der Waals surface area contributed by atoms with Crippen LogP contribution in [0, 0.1) is 12.8 Å². The van der Waals surface area contributed by atoms with Crippen molar-refractivity contribution in [2.45, 2.75) is 64.7 Å². The predicted octanol–water partition coefficient (Wildman–Crippen LogP) is 6.46. The van der Waals surface area contributed by atoms with Crippen LogP contribution < -0.4 is 0 Å². The molecule has 3 rings (SSSR count). The molecule has 2 aromatic rings. The Bertz CT molecular complexity index is 585. The number of aryl methyl sites for hydroxylation is 1. The lowest BCUT2D eigenvalue weighted by molar-refractivity contribution is 0.356. The quantitative estimate of drug-likeness (QED) is 0.594. The second kappa shape index (κ2) is 7.81. The summed E-state index contributed by atoms with van der Waals surface area (Å²) < 4.78 is 0. The van der Waals surface area contributed by atoms with Crippen LogP contribution >= 0.6 is 0 Å². The van der Waals surface area contributed by atoms with Gasteiger partial charge in [0.25, 0.3) is 0 Å². The minimum atomic E-state index is 0.583. The zero-order valence-electron chi connectivity index (χ0n) is 14.7. The van der Waals surface area contributed by atoms with Crippen LogP contribution in [-0.4, -0.2) is 0 Å². The summed E-state index contributed by atoms with van der Waals surface area (Å²) in [6.07, 6.45) is 9.62. The molecule has 1 saturated carbocycles. The van der Waals surface area contributed by atoms with Crippen LogP contribution in [0.25, 0.3) is 0 Å². The van der Waals surface area contributed by atoms with Gasteiger partial charge in [0, 0.05) is 0 Å². The molecule has 1 fully saturated rings. The summed E-state index contributed by atoms with van der Waals surface area (Å²) in [6, 6.07) is 18.4. The maximum absolute atomic E-state index is 2.37. The van der Waals surface area contributed by atoms with Gasteiger partial charge < -0.3 is 0 Å². The predicted molar refractivity (Wildman–Crippen MR) is 100 cm³/mol. The minimum absolute atomic E-state index is 0.583. The first kappa shape index (κ1) is 16.3. The summed E-state index contributed by atoms with van der Waals surface area (Å²) in [4.78, 5) is 0. The smallest absolute Gasteiger partial charge is 0.0150 e. The lowest BCUT2D eigenvalue weighted by Gasteiger charge is -2.21. The first-order valence-corrected chi connectivity index (χ1v) is 9.35. The van der Waals surface area contributed by atoms with Crippen LogP contribution in [0.4, 0.5) is 0 Å². The van der Waals surface area contributed by atoms with Gasteiger partial charge >= 0.3 is 0 Å². The van der Waals surface area contributed by atoms with E-state index in [4.69, 9.17) is 0 Å². The number of rotatable bonds is 5. The molecule has 0 heteroatoms. The highest BCUT2D eigenvalue weighted by atomic mass is 14.2. The molecule has 0 N–H and O–H groups in total. The average Bonchev–Trinajstić information content (AvgIpc) is 2.58. The SMILES string of the molecule is Cc1ccc(C(C)Cc2ccc(CC3CCCCC3)cc2)cc1. The fraction of sp³-hybridized carbons (Fsp3) is 0.478. The average molecular weight is 306 g/mol. The monoisotopic (exact) mass is 306 g/mol. The molecule has 2 aromatic carbocycles. The Morgan fingerprint density at radius 2 is 1.43 bits per heavy atom. The molecular formula is C23H30. The summed E-state index contributed by atoms with van der Waals surface area (Å²) >= 11 is 0. The number of hydrogen-bond donors (Lipinski definition) is 0. The van der Waals surface area contributed by atoms with E-state index in [1.54, 1.807) is 0 Å². The van der Waals surface area contributed by atoms with Gasteiger partial charge in [-0.05, 0) is 48.3 Å². The second-order valence-corrected chi connectivity index (χ2v) is 7.54. The topological polar surface area (TPSA) is 0 Å². The highest BCUT2D eigenvalue weighted by Crippen LogP contribution is 2.27. The van der Waals surface area contributed by atoms with E-state index in [0.29, 0.717) is 5.92 Å². The van der Waals surface area contributed by atoms with Crippen molar-refractivity contribution >= 4 is 0 Å². The van der Waals surface area contributed by atoms with Gasteiger partial charge in [0.1, 0.15) is 0 Å². The van der Waals surface area contributed by atoms with Crippen molar-refractivity contribution in [3.05, 3.63) is 70.8 Å². The Balaban J connectivity index is 1.57. The van der Waals surface area contributed by atoms with E-state index in [1.807, 2.05) is 0 Å². The molecule has 0 amide bonds. The van der Waals surface area contributed by atoms with Gasteiger partial charge in [0.05, 0.1) is 0 Å². The molecule has 0 heterocycles. The first-order chi connectivity index (χ1) is 11.2. The number of benzene rings is 2. The molecule has 23 heavy (non-hydrogen) atoms. The van der Waals surface area contributed by atoms with Crippen molar-refractivity contribution in [1.29, 1.82) is 0 Å². The summed E-state index contributed by atoms with van der Waals surface area (Å²) in [5.41, 5.74) is 5.78. The molecule has 1 aliphatic carbocycles. The lowest BCUT2D eigenvalue weighted by atomic mass is 9.84. The van der Waals surface area contributed by atoms with Crippen LogP contribution in [0.5, 0.6) is 0 Å². The van der Waals surface area contributed by atoms with Crippen molar-refractivity contribution < 1.29 is 0 Å². The lowest BCUT2D eigenvalue weighted by Crippen LogP contribution is -2.09. The minimum Gasteiger partial charge on any atom is -0.0590 e. The van der Waals surface area contributed by atoms with Gasteiger partial charge in [0.2, 0.25) is 0 Å². The molecule has 1 unspecified atom stereocenters. The normalized spacial score (nSPS) is 17.1. The van der Waals surface area contributed by atoms with Gasteiger partial charge in [-0.25, -0.2) is 0 Å². The standard InChI is InChI=1S/C23H30/c1-18-8-14-23(15-9-18)19(2)16-21-10-12-22(13-11-21)17-20-6-4-3-5-7-20/h8-15,19-20H,3-7,16-17H2,1-2H3. The molecule has 0 bridgehead atoms. The van der Waals surface area contributed by atoms with E-state index >= 15 is 0 Å². The zero-order valence-corrected chi connectivity index (χ0v) is 14.7. The van der Waals surface area contributed by atoms with Crippen molar-refractivity contribution in [2.24, 2.45) is 5.92 Å². The third-order valence-corrected chi connectivity index (χ3v) is 5.46. The fourth-order valence-electron chi connectivity index (χ4n) is 3.90. The van der Waals surface area contributed by atoms with Gasteiger partial charge in [-0.3, -0.25) is 0 Å². The molecule has 0 aromatic heterocycles. The van der Waals surface area contributed by atoms with E-state index in [1.165, 1.54) is 60.8 Å². The maximum Gasteiger partial charge on any atom is -0.0150 e. The summed E-state index contributed by atoms with van der Waals surface area (Å²) in [7, 11) is 0. The molecule has 1 atom stereocenters. The molecule has 1 aliphatic rings. The highest BCUT2D eigenvalue weighted by Gasteiger charge is 2.14. The van der Waals surface area contributed by atoms with Gasteiger partial charge in [-0.1, -0.05) is 93.1 Å². The zero-order chi connectivity index (χ0) is 16.1. The Morgan fingerprint density at radius 1 is 0.826 bits per heavy atom. The van der Waals surface area contributed by atoms with Crippen LogP contribution in [0.2, 0.25) is 0 Å². The summed E-state index contributed by atoms with van der Waals surface area (Å²) in [5, 5.41) is 0. The van der Waals surface area contributed by atoms with Gasteiger partial charge in [-0.15, -0.1) is 0 Å². The molecule has 0 saturated heterocycles. The Labute approximate surface area is 141 Å². The number of hydrogen-bond acceptors (Lipinski definition) is 0. The second-order valence-electron chi connectivity index (χ2n) is 7.54. The van der Waals surface area contributed by atoms with Crippen LogP contribution in [-0.2, 0) is 12.8 Å². The third kappa shape index (κ3) is 4.70. The molecular weight excluding hydrogens is 276 g/mol. The van der Waals surface area contributed by atoms with Crippen LogP contribution in [0.1, 0.15) is 67.2 Å².